The maximum absolute atomic E-state index is 10.1. The summed E-state index contributed by atoms with van der Waals surface area (Å²) in [6.07, 6.45) is 0.946. The topological polar surface area (TPSA) is 43.7 Å². The third-order valence-electron chi connectivity index (χ3n) is 3.24. The Kier molecular flexibility index (Phi) is 4.40. The Labute approximate surface area is 107 Å². The molecule has 0 bridgehead atoms. The molecule has 94 valence electrons. The van der Waals surface area contributed by atoms with Crippen molar-refractivity contribution in [2.45, 2.75) is 25.0 Å². The lowest BCUT2D eigenvalue weighted by Crippen LogP contribution is -2.38. The van der Waals surface area contributed by atoms with Crippen LogP contribution < -0.4 is 0 Å². The van der Waals surface area contributed by atoms with Gasteiger partial charge in [-0.25, -0.2) is 0 Å². The van der Waals surface area contributed by atoms with Gasteiger partial charge in [0.15, 0.2) is 0 Å². The standard InChI is InChI=1S/C13H18ClNO2/c14-11-3-1-10(2-4-11)13(17)9-15-7-5-12(16)6-8-15/h1-4,12-13,16-17H,5-9H2/t13-/m1/s1. The molecule has 0 unspecified atom stereocenters. The molecule has 4 heteroatoms. The minimum atomic E-state index is -0.484. The molecule has 0 spiro atoms. The van der Waals surface area contributed by atoms with Crippen LogP contribution in [0.5, 0.6) is 0 Å². The number of rotatable bonds is 3. The molecule has 0 saturated carbocycles. The lowest BCUT2D eigenvalue weighted by atomic mass is 10.1. The van der Waals surface area contributed by atoms with Crippen molar-refractivity contribution >= 4 is 11.6 Å². The summed E-state index contributed by atoms with van der Waals surface area (Å²) < 4.78 is 0. The van der Waals surface area contributed by atoms with Crippen LogP contribution >= 0.6 is 11.6 Å². The second-order valence-corrected chi connectivity index (χ2v) is 5.04. The van der Waals surface area contributed by atoms with Crippen molar-refractivity contribution in [1.29, 1.82) is 0 Å². The SMILES string of the molecule is OC1CCN(C[C@@H](O)c2ccc(Cl)cc2)CC1. The predicted molar refractivity (Wildman–Crippen MR) is 68.1 cm³/mol. The highest BCUT2D eigenvalue weighted by atomic mass is 35.5. The summed E-state index contributed by atoms with van der Waals surface area (Å²) in [6, 6.07) is 7.29. The third kappa shape index (κ3) is 3.68. The van der Waals surface area contributed by atoms with Crippen LogP contribution in [0.15, 0.2) is 24.3 Å². The van der Waals surface area contributed by atoms with Crippen LogP contribution in [0.3, 0.4) is 0 Å². The molecule has 2 N–H and O–H groups in total. The Balaban J connectivity index is 1.88. The van der Waals surface area contributed by atoms with E-state index in [1.54, 1.807) is 12.1 Å². The first-order chi connectivity index (χ1) is 8.15. The van der Waals surface area contributed by atoms with Gasteiger partial charge in [0, 0.05) is 24.7 Å². The molecular weight excluding hydrogens is 238 g/mol. The van der Waals surface area contributed by atoms with Gasteiger partial charge in [0.25, 0.3) is 0 Å². The van der Waals surface area contributed by atoms with Crippen molar-refractivity contribution in [3.63, 3.8) is 0 Å². The van der Waals surface area contributed by atoms with Gasteiger partial charge in [-0.05, 0) is 30.5 Å². The normalized spacial score (nSPS) is 20.4. The van der Waals surface area contributed by atoms with Gasteiger partial charge < -0.3 is 15.1 Å². The lowest BCUT2D eigenvalue weighted by Gasteiger charge is -2.31. The first-order valence-electron chi connectivity index (χ1n) is 5.99. The van der Waals surface area contributed by atoms with E-state index in [0.717, 1.165) is 31.5 Å². The molecule has 1 fully saturated rings. The van der Waals surface area contributed by atoms with Gasteiger partial charge in [0.2, 0.25) is 0 Å². The minimum absolute atomic E-state index is 0.168. The zero-order valence-corrected chi connectivity index (χ0v) is 10.5. The van der Waals surface area contributed by atoms with Crippen LogP contribution in [0, 0.1) is 0 Å². The van der Waals surface area contributed by atoms with Gasteiger partial charge in [-0.15, -0.1) is 0 Å². The van der Waals surface area contributed by atoms with E-state index in [1.165, 1.54) is 0 Å². The fourth-order valence-electron chi connectivity index (χ4n) is 2.14. The van der Waals surface area contributed by atoms with Crippen molar-refractivity contribution in [3.8, 4) is 0 Å². The van der Waals surface area contributed by atoms with E-state index in [4.69, 9.17) is 11.6 Å². The average molecular weight is 256 g/mol. The summed E-state index contributed by atoms with van der Waals surface area (Å²) in [5.41, 5.74) is 0.889. The van der Waals surface area contributed by atoms with E-state index in [-0.39, 0.29) is 6.10 Å². The first-order valence-corrected chi connectivity index (χ1v) is 6.37. The van der Waals surface area contributed by atoms with Crippen LogP contribution in [0.2, 0.25) is 5.02 Å². The first kappa shape index (κ1) is 12.8. The number of aliphatic hydroxyl groups is 2. The van der Waals surface area contributed by atoms with Crippen LogP contribution in [0.4, 0.5) is 0 Å². The van der Waals surface area contributed by atoms with E-state index in [1.807, 2.05) is 12.1 Å². The Hall–Kier alpha value is -0.610. The second kappa shape index (κ2) is 5.83. The number of likely N-dealkylation sites (tertiary alicyclic amines) is 1. The van der Waals surface area contributed by atoms with Crippen molar-refractivity contribution in [2.75, 3.05) is 19.6 Å². The van der Waals surface area contributed by atoms with Gasteiger partial charge in [-0.3, -0.25) is 0 Å². The maximum Gasteiger partial charge on any atom is 0.0916 e. The van der Waals surface area contributed by atoms with Crippen LogP contribution in [-0.2, 0) is 0 Å². The fraction of sp³-hybridized carbons (Fsp3) is 0.538. The molecule has 0 amide bonds. The Bertz CT molecular complexity index is 347. The Morgan fingerprint density at radius 1 is 1.24 bits per heavy atom. The number of aliphatic hydroxyl groups excluding tert-OH is 2. The molecule has 0 radical (unpaired) electrons. The van der Waals surface area contributed by atoms with E-state index in [2.05, 4.69) is 4.90 Å². The quantitative estimate of drug-likeness (QED) is 0.866. The van der Waals surface area contributed by atoms with Crippen LogP contribution in [0.1, 0.15) is 24.5 Å². The number of hydrogen-bond donors (Lipinski definition) is 2. The third-order valence-corrected chi connectivity index (χ3v) is 3.49. The van der Waals surface area contributed by atoms with Crippen LogP contribution in [0.25, 0.3) is 0 Å². The molecule has 3 nitrogen and oxygen atoms in total. The molecule has 2 rings (SSSR count). The Morgan fingerprint density at radius 3 is 2.41 bits per heavy atom. The summed E-state index contributed by atoms with van der Waals surface area (Å²) in [5, 5.41) is 20.2. The number of hydrogen-bond acceptors (Lipinski definition) is 3. The number of β-amino-alcohol motifs (C(OH)–C–C–N with tert-alkyl or cyclic N) is 1. The zero-order chi connectivity index (χ0) is 12.3. The molecule has 1 aromatic rings. The molecule has 1 aliphatic rings. The summed E-state index contributed by atoms with van der Waals surface area (Å²) in [7, 11) is 0. The van der Waals surface area contributed by atoms with Crippen molar-refractivity contribution in [2.24, 2.45) is 0 Å². The molecule has 1 aliphatic heterocycles. The van der Waals surface area contributed by atoms with Gasteiger partial charge >= 0.3 is 0 Å². The van der Waals surface area contributed by atoms with Gasteiger partial charge in [0.05, 0.1) is 12.2 Å². The number of nitrogens with zero attached hydrogens (tertiary/aromatic N) is 1. The monoisotopic (exact) mass is 255 g/mol. The number of benzene rings is 1. The van der Waals surface area contributed by atoms with Crippen molar-refractivity contribution in [3.05, 3.63) is 34.9 Å². The largest absolute Gasteiger partial charge is 0.393 e. The van der Waals surface area contributed by atoms with Crippen molar-refractivity contribution in [1.82, 2.24) is 4.90 Å². The summed E-state index contributed by atoms with van der Waals surface area (Å²) in [6.45, 7) is 2.33. The van der Waals surface area contributed by atoms with Crippen molar-refractivity contribution < 1.29 is 10.2 Å². The molecule has 1 saturated heterocycles. The molecule has 1 aromatic carbocycles. The van der Waals surface area contributed by atoms with E-state index in [9.17, 15) is 10.2 Å². The maximum atomic E-state index is 10.1. The van der Waals surface area contributed by atoms with Crippen LogP contribution in [-0.4, -0.2) is 40.9 Å². The smallest absolute Gasteiger partial charge is 0.0916 e. The molecule has 17 heavy (non-hydrogen) atoms. The van der Waals surface area contributed by atoms with E-state index < -0.39 is 6.10 Å². The molecular formula is C13H18ClNO2. The molecule has 1 heterocycles. The lowest BCUT2D eigenvalue weighted by molar-refractivity contribution is 0.0508. The highest BCUT2D eigenvalue weighted by Crippen LogP contribution is 2.19. The predicted octanol–water partition coefficient (Wildman–Crippen LogP) is 1.83. The van der Waals surface area contributed by atoms with Gasteiger partial charge in [0.1, 0.15) is 0 Å². The zero-order valence-electron chi connectivity index (χ0n) is 9.72. The second-order valence-electron chi connectivity index (χ2n) is 4.60. The van der Waals surface area contributed by atoms with Gasteiger partial charge in [-0.1, -0.05) is 23.7 Å². The van der Waals surface area contributed by atoms with E-state index in [0.29, 0.717) is 11.6 Å². The average Bonchev–Trinajstić information content (AvgIpc) is 2.33. The summed E-state index contributed by atoms with van der Waals surface area (Å²) in [4.78, 5) is 2.19. The minimum Gasteiger partial charge on any atom is -0.393 e. The van der Waals surface area contributed by atoms with Gasteiger partial charge in [-0.2, -0.15) is 0 Å². The highest BCUT2D eigenvalue weighted by Gasteiger charge is 2.19. The fourth-order valence-corrected chi connectivity index (χ4v) is 2.26. The molecule has 1 atom stereocenters. The molecule has 0 aliphatic carbocycles. The molecule has 0 aromatic heterocycles. The van der Waals surface area contributed by atoms with E-state index >= 15 is 0 Å². The number of piperidine rings is 1. The summed E-state index contributed by atoms with van der Waals surface area (Å²) >= 11 is 5.80. The Morgan fingerprint density at radius 2 is 1.82 bits per heavy atom. The number of halogens is 1. The summed E-state index contributed by atoms with van der Waals surface area (Å²) in [5.74, 6) is 0. The highest BCUT2D eigenvalue weighted by molar-refractivity contribution is 6.30.